The van der Waals surface area contributed by atoms with E-state index >= 15 is 0 Å². The molecule has 0 aliphatic carbocycles. The molecule has 3 nitrogen and oxygen atoms in total. The third-order valence-electron chi connectivity index (χ3n) is 2.46. The highest BCUT2D eigenvalue weighted by Gasteiger charge is 2.06. The summed E-state index contributed by atoms with van der Waals surface area (Å²) in [7, 11) is 0. The molecule has 0 bridgehead atoms. The first-order valence-electron chi connectivity index (χ1n) is 6.11. The van der Waals surface area contributed by atoms with E-state index in [9.17, 15) is 4.39 Å². The number of hydrogen-bond donors (Lipinski definition) is 1. The van der Waals surface area contributed by atoms with Crippen molar-refractivity contribution in [2.75, 3.05) is 0 Å². The fraction of sp³-hybridized carbons (Fsp3) is 0.286. The van der Waals surface area contributed by atoms with Crippen LogP contribution in [-0.2, 0) is 6.54 Å². The quantitative estimate of drug-likeness (QED) is 0.910. The number of nitrogens with zero attached hydrogens (tertiary/aromatic N) is 2. The Hall–Kier alpha value is -1.46. The lowest BCUT2D eigenvalue weighted by Gasteiger charge is -2.09. The van der Waals surface area contributed by atoms with E-state index in [4.69, 9.17) is 0 Å². The predicted octanol–water partition coefficient (Wildman–Crippen LogP) is 3.26. The number of halogens is 1. The van der Waals surface area contributed by atoms with Gasteiger partial charge in [-0.3, -0.25) is 4.98 Å². The van der Waals surface area contributed by atoms with Crippen LogP contribution in [0.5, 0.6) is 0 Å². The van der Waals surface area contributed by atoms with Crippen LogP contribution in [0.25, 0.3) is 0 Å². The minimum atomic E-state index is -0.223. The van der Waals surface area contributed by atoms with Crippen molar-refractivity contribution in [3.63, 3.8) is 0 Å². The minimum Gasteiger partial charge on any atom is -0.310 e. The van der Waals surface area contributed by atoms with E-state index in [1.807, 2.05) is 6.07 Å². The molecule has 0 fully saturated rings. The highest BCUT2D eigenvalue weighted by Crippen LogP contribution is 2.28. The van der Waals surface area contributed by atoms with Crippen molar-refractivity contribution in [2.24, 2.45) is 0 Å². The molecule has 1 heterocycles. The summed E-state index contributed by atoms with van der Waals surface area (Å²) in [6.45, 7) is 4.80. The third-order valence-corrected chi connectivity index (χ3v) is 3.44. The Labute approximate surface area is 116 Å². The maximum atomic E-state index is 14.0. The maximum Gasteiger partial charge on any atom is 0.137 e. The van der Waals surface area contributed by atoms with Crippen LogP contribution in [-0.4, -0.2) is 16.0 Å². The highest BCUT2D eigenvalue weighted by molar-refractivity contribution is 7.99. The fourth-order valence-electron chi connectivity index (χ4n) is 1.51. The summed E-state index contributed by atoms with van der Waals surface area (Å²) in [4.78, 5) is 8.64. The lowest BCUT2D eigenvalue weighted by Crippen LogP contribution is -2.21. The Morgan fingerprint density at radius 1 is 1.32 bits per heavy atom. The smallest absolute Gasteiger partial charge is 0.137 e. The van der Waals surface area contributed by atoms with Gasteiger partial charge < -0.3 is 5.32 Å². The van der Waals surface area contributed by atoms with Crippen molar-refractivity contribution >= 4 is 11.8 Å². The van der Waals surface area contributed by atoms with E-state index in [2.05, 4.69) is 29.1 Å². The number of rotatable bonds is 5. The summed E-state index contributed by atoms with van der Waals surface area (Å²) in [6.07, 6.45) is 4.82. The van der Waals surface area contributed by atoms with Crippen LogP contribution in [0.2, 0.25) is 0 Å². The van der Waals surface area contributed by atoms with Gasteiger partial charge in [0.1, 0.15) is 10.8 Å². The van der Waals surface area contributed by atoms with E-state index in [0.717, 1.165) is 5.56 Å². The van der Waals surface area contributed by atoms with Gasteiger partial charge in [-0.25, -0.2) is 9.37 Å². The van der Waals surface area contributed by atoms with Crippen molar-refractivity contribution in [1.29, 1.82) is 0 Å². The molecule has 0 aliphatic heterocycles. The molecular formula is C14H16FN3S. The first kappa shape index (κ1) is 14.0. The van der Waals surface area contributed by atoms with Crippen LogP contribution in [0.3, 0.4) is 0 Å². The first-order chi connectivity index (χ1) is 9.15. The summed E-state index contributed by atoms with van der Waals surface area (Å²) in [5, 5.41) is 3.95. The van der Waals surface area contributed by atoms with Crippen LogP contribution in [0.4, 0.5) is 4.39 Å². The molecule has 5 heteroatoms. The van der Waals surface area contributed by atoms with Crippen molar-refractivity contribution < 1.29 is 4.39 Å². The lowest BCUT2D eigenvalue weighted by atomic mass is 10.2. The summed E-state index contributed by atoms with van der Waals surface area (Å²) < 4.78 is 14.0. The fourth-order valence-corrected chi connectivity index (χ4v) is 2.25. The predicted molar refractivity (Wildman–Crippen MR) is 74.5 cm³/mol. The van der Waals surface area contributed by atoms with Gasteiger partial charge in [0.2, 0.25) is 0 Å². The van der Waals surface area contributed by atoms with Crippen LogP contribution < -0.4 is 5.32 Å². The van der Waals surface area contributed by atoms with Gasteiger partial charge in [-0.05, 0) is 17.7 Å². The van der Waals surface area contributed by atoms with Crippen molar-refractivity contribution in [1.82, 2.24) is 15.3 Å². The van der Waals surface area contributed by atoms with Gasteiger partial charge in [-0.2, -0.15) is 0 Å². The largest absolute Gasteiger partial charge is 0.310 e. The Bertz CT molecular complexity index is 531. The zero-order valence-corrected chi connectivity index (χ0v) is 11.7. The molecular weight excluding hydrogens is 261 g/mol. The maximum absolute atomic E-state index is 14.0. The summed E-state index contributed by atoms with van der Waals surface area (Å²) in [5.41, 5.74) is 0.940. The van der Waals surface area contributed by atoms with Crippen molar-refractivity contribution in [2.45, 2.75) is 36.4 Å². The topological polar surface area (TPSA) is 37.8 Å². The SMILES string of the molecule is CC(C)NCc1ccc(Sc2cnccn2)c(F)c1. The Morgan fingerprint density at radius 3 is 2.79 bits per heavy atom. The Balaban J connectivity index is 2.07. The van der Waals surface area contributed by atoms with Gasteiger partial charge in [0, 0.05) is 29.9 Å². The van der Waals surface area contributed by atoms with Gasteiger partial charge in [0.25, 0.3) is 0 Å². The van der Waals surface area contributed by atoms with Crippen molar-refractivity contribution in [3.05, 3.63) is 48.2 Å². The molecule has 1 aromatic carbocycles. The number of benzene rings is 1. The molecule has 19 heavy (non-hydrogen) atoms. The molecule has 0 aliphatic rings. The molecule has 0 amide bonds. The zero-order valence-electron chi connectivity index (χ0n) is 10.9. The molecule has 0 saturated heterocycles. The van der Waals surface area contributed by atoms with E-state index < -0.39 is 0 Å². The third kappa shape index (κ3) is 4.29. The average Bonchev–Trinajstić information content (AvgIpc) is 2.40. The van der Waals surface area contributed by atoms with Crippen LogP contribution in [0.1, 0.15) is 19.4 Å². The van der Waals surface area contributed by atoms with E-state index in [-0.39, 0.29) is 5.82 Å². The molecule has 0 radical (unpaired) electrons. The number of hydrogen-bond acceptors (Lipinski definition) is 4. The molecule has 0 saturated carbocycles. The average molecular weight is 277 g/mol. The van der Waals surface area contributed by atoms with Gasteiger partial charge >= 0.3 is 0 Å². The Morgan fingerprint density at radius 2 is 2.16 bits per heavy atom. The Kier molecular flexibility index (Phi) is 4.87. The molecule has 2 aromatic rings. The summed E-state index contributed by atoms with van der Waals surface area (Å²) in [6, 6.07) is 5.66. The molecule has 1 N–H and O–H groups in total. The molecule has 1 aromatic heterocycles. The molecule has 2 rings (SSSR count). The van der Waals surface area contributed by atoms with Crippen LogP contribution in [0, 0.1) is 5.82 Å². The summed E-state index contributed by atoms with van der Waals surface area (Å²) >= 11 is 1.28. The first-order valence-corrected chi connectivity index (χ1v) is 6.92. The molecule has 100 valence electrons. The second-order valence-corrected chi connectivity index (χ2v) is 5.51. The second kappa shape index (κ2) is 6.63. The summed E-state index contributed by atoms with van der Waals surface area (Å²) in [5.74, 6) is -0.223. The molecule has 0 unspecified atom stereocenters. The lowest BCUT2D eigenvalue weighted by molar-refractivity contribution is 0.574. The van der Waals surface area contributed by atoms with E-state index in [0.29, 0.717) is 22.5 Å². The monoisotopic (exact) mass is 277 g/mol. The van der Waals surface area contributed by atoms with Crippen molar-refractivity contribution in [3.8, 4) is 0 Å². The van der Waals surface area contributed by atoms with Crippen LogP contribution in [0.15, 0.2) is 46.7 Å². The highest BCUT2D eigenvalue weighted by atomic mass is 32.2. The van der Waals surface area contributed by atoms with E-state index in [1.165, 1.54) is 11.8 Å². The van der Waals surface area contributed by atoms with Gasteiger partial charge in [-0.15, -0.1) is 0 Å². The number of nitrogens with one attached hydrogen (secondary N) is 1. The zero-order chi connectivity index (χ0) is 13.7. The number of aromatic nitrogens is 2. The normalized spacial score (nSPS) is 10.9. The minimum absolute atomic E-state index is 0.223. The van der Waals surface area contributed by atoms with Gasteiger partial charge in [-0.1, -0.05) is 31.7 Å². The standard InChI is InChI=1S/C14H16FN3S/c1-10(2)18-8-11-3-4-13(12(15)7-11)19-14-9-16-5-6-17-14/h3-7,9-10,18H,8H2,1-2H3. The van der Waals surface area contributed by atoms with Gasteiger partial charge in [0.15, 0.2) is 0 Å². The van der Waals surface area contributed by atoms with Crippen LogP contribution >= 0.6 is 11.8 Å². The molecule has 0 atom stereocenters. The van der Waals surface area contributed by atoms with Gasteiger partial charge in [0.05, 0.1) is 6.20 Å². The molecule has 0 spiro atoms. The second-order valence-electron chi connectivity index (χ2n) is 4.45. The van der Waals surface area contributed by atoms with E-state index in [1.54, 1.807) is 30.7 Å².